The zero-order chi connectivity index (χ0) is 18.5. The molecule has 1 unspecified atom stereocenters. The Morgan fingerprint density at radius 1 is 1.24 bits per heavy atom. The molecule has 1 saturated carbocycles. The first-order valence-electron chi connectivity index (χ1n) is 9.61. The third kappa shape index (κ3) is 10.0. The normalized spacial score (nSPS) is 17.2. The summed E-state index contributed by atoms with van der Waals surface area (Å²) in [5, 5.41) is 15.3. The first kappa shape index (κ1) is 22.2. The Hall–Kier alpha value is -0.860. The lowest BCUT2D eigenvalue weighted by molar-refractivity contribution is 0.253. The average molecular weight is 377 g/mol. The number of rotatable bonds is 13. The molecule has 1 fully saturated rings. The fourth-order valence-corrected chi connectivity index (χ4v) is 3.80. The minimum Gasteiger partial charge on any atom is -0.396 e. The molecule has 25 heavy (non-hydrogen) atoms. The number of hydrogen-bond acceptors (Lipinski definition) is 4. The van der Waals surface area contributed by atoms with E-state index < -0.39 is 10.0 Å². The van der Waals surface area contributed by atoms with Gasteiger partial charge in [-0.25, -0.2) is 13.1 Å². The van der Waals surface area contributed by atoms with Crippen LogP contribution >= 0.6 is 0 Å². The summed E-state index contributed by atoms with van der Waals surface area (Å²) in [4.78, 5) is 4.54. The second kappa shape index (κ2) is 12.5. The van der Waals surface area contributed by atoms with Crippen LogP contribution in [-0.2, 0) is 10.0 Å². The van der Waals surface area contributed by atoms with Gasteiger partial charge in [-0.3, -0.25) is 4.99 Å². The summed E-state index contributed by atoms with van der Waals surface area (Å²) in [5.41, 5.74) is 0. The van der Waals surface area contributed by atoms with Gasteiger partial charge in [-0.15, -0.1) is 0 Å². The molecule has 148 valence electrons. The molecule has 0 aromatic heterocycles. The van der Waals surface area contributed by atoms with Gasteiger partial charge < -0.3 is 15.7 Å². The minimum absolute atomic E-state index is 0.0408. The average Bonchev–Trinajstić information content (AvgIpc) is 2.51. The number of sulfonamides is 1. The molecule has 1 atom stereocenters. The molecule has 0 aromatic rings. The summed E-state index contributed by atoms with van der Waals surface area (Å²) < 4.78 is 26.7. The zero-order valence-electron chi connectivity index (χ0n) is 15.8. The molecule has 1 aliphatic carbocycles. The molecule has 0 aliphatic heterocycles. The molecule has 0 spiro atoms. The minimum atomic E-state index is -3.24. The zero-order valence-corrected chi connectivity index (χ0v) is 16.6. The predicted octanol–water partition coefficient (Wildman–Crippen LogP) is 1.06. The maximum absolute atomic E-state index is 12.0. The number of hydrogen-bond donors (Lipinski definition) is 4. The summed E-state index contributed by atoms with van der Waals surface area (Å²) in [6.07, 6.45) is 6.31. The van der Waals surface area contributed by atoms with Gasteiger partial charge in [0.1, 0.15) is 0 Å². The van der Waals surface area contributed by atoms with Crippen molar-refractivity contribution in [2.24, 2.45) is 16.8 Å². The van der Waals surface area contributed by atoms with Crippen LogP contribution in [0.25, 0.3) is 0 Å². The smallest absolute Gasteiger partial charge is 0.213 e. The van der Waals surface area contributed by atoms with Gasteiger partial charge in [-0.1, -0.05) is 19.8 Å². The van der Waals surface area contributed by atoms with Crippen molar-refractivity contribution in [2.45, 2.75) is 52.4 Å². The maximum Gasteiger partial charge on any atom is 0.213 e. The highest BCUT2D eigenvalue weighted by Crippen LogP contribution is 2.25. The molecule has 0 radical (unpaired) electrons. The second-order valence-electron chi connectivity index (χ2n) is 6.78. The fourth-order valence-electron chi connectivity index (χ4n) is 2.80. The third-order valence-corrected chi connectivity index (χ3v) is 5.91. The van der Waals surface area contributed by atoms with E-state index in [9.17, 15) is 8.42 Å². The molecule has 0 aromatic carbocycles. The fraction of sp³-hybridized carbons (Fsp3) is 0.941. The number of aliphatic hydroxyl groups excluding tert-OH is 1. The molecule has 0 saturated heterocycles. The number of nitrogens with one attached hydrogen (secondary N) is 3. The van der Waals surface area contributed by atoms with E-state index in [0.29, 0.717) is 37.4 Å². The van der Waals surface area contributed by atoms with Crippen LogP contribution in [0.3, 0.4) is 0 Å². The van der Waals surface area contributed by atoms with Gasteiger partial charge >= 0.3 is 0 Å². The molecule has 1 aliphatic rings. The van der Waals surface area contributed by atoms with Gasteiger partial charge in [0.15, 0.2) is 5.96 Å². The standard InChI is InChI=1S/C17H36N4O3S/c1-3-6-15(9-11-22)13-20-17(18-4-2)19-10-12-25(23,24)21-14-16-7-5-8-16/h15-16,21-22H,3-14H2,1-2H3,(H2,18,19,20). The molecule has 8 heteroatoms. The van der Waals surface area contributed by atoms with E-state index in [0.717, 1.165) is 38.6 Å². The quantitative estimate of drug-likeness (QED) is 0.284. The van der Waals surface area contributed by atoms with Gasteiger partial charge in [0.05, 0.1) is 5.75 Å². The van der Waals surface area contributed by atoms with E-state index in [1.54, 1.807) is 0 Å². The van der Waals surface area contributed by atoms with Crippen molar-refractivity contribution >= 4 is 16.0 Å². The third-order valence-electron chi connectivity index (χ3n) is 4.57. The largest absolute Gasteiger partial charge is 0.396 e. The van der Waals surface area contributed by atoms with Crippen LogP contribution < -0.4 is 15.4 Å². The lowest BCUT2D eigenvalue weighted by Gasteiger charge is -2.25. The van der Waals surface area contributed by atoms with Crippen molar-refractivity contribution < 1.29 is 13.5 Å². The van der Waals surface area contributed by atoms with Crippen molar-refractivity contribution in [3.05, 3.63) is 0 Å². The number of guanidine groups is 1. The van der Waals surface area contributed by atoms with E-state index in [-0.39, 0.29) is 12.4 Å². The highest BCUT2D eigenvalue weighted by Gasteiger charge is 2.20. The molecule has 7 nitrogen and oxygen atoms in total. The van der Waals surface area contributed by atoms with Crippen LogP contribution in [0.2, 0.25) is 0 Å². The van der Waals surface area contributed by atoms with Crippen molar-refractivity contribution in [1.82, 2.24) is 15.4 Å². The van der Waals surface area contributed by atoms with Crippen molar-refractivity contribution in [3.63, 3.8) is 0 Å². The number of aliphatic imine (C=N–C) groups is 1. The number of nitrogens with zero attached hydrogens (tertiary/aromatic N) is 1. The van der Waals surface area contributed by atoms with Crippen LogP contribution in [0.1, 0.15) is 52.4 Å². The molecule has 4 N–H and O–H groups in total. The van der Waals surface area contributed by atoms with E-state index in [1.807, 2.05) is 6.92 Å². The highest BCUT2D eigenvalue weighted by molar-refractivity contribution is 7.89. The maximum atomic E-state index is 12.0. The highest BCUT2D eigenvalue weighted by atomic mass is 32.2. The van der Waals surface area contributed by atoms with Crippen molar-refractivity contribution in [2.75, 3.05) is 38.5 Å². The van der Waals surface area contributed by atoms with Crippen molar-refractivity contribution in [1.29, 1.82) is 0 Å². The van der Waals surface area contributed by atoms with Crippen LogP contribution in [0.4, 0.5) is 0 Å². The SMILES string of the molecule is CCCC(CCO)CN=C(NCC)NCCS(=O)(=O)NCC1CCC1. The summed E-state index contributed by atoms with van der Waals surface area (Å²) in [7, 11) is -3.24. The van der Waals surface area contributed by atoms with Crippen molar-refractivity contribution in [3.8, 4) is 0 Å². The lowest BCUT2D eigenvalue weighted by atomic mass is 9.86. The van der Waals surface area contributed by atoms with Gasteiger partial charge in [-0.2, -0.15) is 0 Å². The molecule has 1 rings (SSSR count). The summed E-state index contributed by atoms with van der Waals surface area (Å²) in [5.74, 6) is 1.55. The van der Waals surface area contributed by atoms with E-state index in [1.165, 1.54) is 6.42 Å². The Morgan fingerprint density at radius 2 is 2.00 bits per heavy atom. The van der Waals surface area contributed by atoms with Gasteiger partial charge in [-0.05, 0) is 44.4 Å². The topological polar surface area (TPSA) is 103 Å². The number of aliphatic hydroxyl groups is 1. The van der Waals surface area contributed by atoms with E-state index in [2.05, 4.69) is 27.3 Å². The Balaban J connectivity index is 2.38. The van der Waals surface area contributed by atoms with Gasteiger partial charge in [0.25, 0.3) is 0 Å². The Morgan fingerprint density at radius 3 is 2.56 bits per heavy atom. The molecule has 0 heterocycles. The van der Waals surface area contributed by atoms with E-state index >= 15 is 0 Å². The van der Waals surface area contributed by atoms with Crippen LogP contribution in [0.15, 0.2) is 4.99 Å². The van der Waals surface area contributed by atoms with Gasteiger partial charge in [0, 0.05) is 32.8 Å². The lowest BCUT2D eigenvalue weighted by Crippen LogP contribution is -2.42. The van der Waals surface area contributed by atoms with Crippen LogP contribution in [-0.4, -0.2) is 58.0 Å². The van der Waals surface area contributed by atoms with Crippen LogP contribution in [0, 0.1) is 11.8 Å². The Bertz CT molecular complexity index is 472. The summed E-state index contributed by atoms with van der Waals surface area (Å²) in [6, 6.07) is 0. The second-order valence-corrected chi connectivity index (χ2v) is 8.70. The molecule has 0 amide bonds. The molecular weight excluding hydrogens is 340 g/mol. The van der Waals surface area contributed by atoms with Crippen LogP contribution in [0.5, 0.6) is 0 Å². The van der Waals surface area contributed by atoms with E-state index in [4.69, 9.17) is 5.11 Å². The first-order valence-corrected chi connectivity index (χ1v) is 11.3. The summed E-state index contributed by atoms with van der Waals surface area (Å²) in [6.45, 7) is 6.52. The summed E-state index contributed by atoms with van der Waals surface area (Å²) >= 11 is 0. The monoisotopic (exact) mass is 376 g/mol. The Kier molecular flexibility index (Phi) is 11.1. The molecule has 0 bridgehead atoms. The Labute approximate surface area is 153 Å². The van der Waals surface area contributed by atoms with Gasteiger partial charge in [0.2, 0.25) is 10.0 Å². The molecular formula is C17H36N4O3S. The first-order chi connectivity index (χ1) is 12.0. The predicted molar refractivity (Wildman–Crippen MR) is 103 cm³/mol.